The van der Waals surface area contributed by atoms with E-state index in [-0.39, 0.29) is 5.54 Å². The standard InChI is InChI=1S/C19H23N5O/c1-12(10-13-8-6-5-7-9-13)15-18(23-19(2,3)4)24-17(22-15)14(11-21-24)16(20)25/h5-11,22-23H,1-4H3,(H2,20,25)/b12-10+. The Morgan fingerprint density at radius 2 is 1.96 bits per heavy atom. The average molecular weight is 337 g/mol. The molecule has 0 fully saturated rings. The normalized spacial score (nSPS) is 12.6. The van der Waals surface area contributed by atoms with Crippen molar-refractivity contribution < 1.29 is 4.79 Å². The molecule has 2 heterocycles. The molecule has 2 aromatic heterocycles. The SMILES string of the molecule is C/C(=C\c1ccccc1)c1[nH]c2c(C(N)=O)cnn2c1NC(C)(C)C. The van der Waals surface area contributed by atoms with Crippen LogP contribution in [0.1, 0.15) is 49.3 Å². The van der Waals surface area contributed by atoms with Crippen LogP contribution in [0.4, 0.5) is 5.82 Å². The second-order valence-electron chi connectivity index (χ2n) is 7.14. The highest BCUT2D eigenvalue weighted by molar-refractivity contribution is 5.99. The van der Waals surface area contributed by atoms with E-state index >= 15 is 0 Å². The summed E-state index contributed by atoms with van der Waals surface area (Å²) >= 11 is 0. The third-order valence-electron chi connectivity index (χ3n) is 3.80. The molecule has 1 amide bonds. The number of aromatic nitrogens is 3. The zero-order valence-corrected chi connectivity index (χ0v) is 14.9. The smallest absolute Gasteiger partial charge is 0.254 e. The van der Waals surface area contributed by atoms with Gasteiger partial charge in [0, 0.05) is 5.54 Å². The maximum atomic E-state index is 11.7. The predicted molar refractivity (Wildman–Crippen MR) is 101 cm³/mol. The average Bonchev–Trinajstić information content (AvgIpc) is 3.07. The maximum Gasteiger partial charge on any atom is 0.254 e. The van der Waals surface area contributed by atoms with Crippen molar-refractivity contribution in [2.45, 2.75) is 33.2 Å². The van der Waals surface area contributed by atoms with Crippen LogP contribution >= 0.6 is 0 Å². The number of anilines is 1. The monoisotopic (exact) mass is 337 g/mol. The third-order valence-corrected chi connectivity index (χ3v) is 3.80. The van der Waals surface area contributed by atoms with Gasteiger partial charge in [-0.1, -0.05) is 30.3 Å². The summed E-state index contributed by atoms with van der Waals surface area (Å²) < 4.78 is 1.70. The fourth-order valence-corrected chi connectivity index (χ4v) is 2.73. The molecule has 130 valence electrons. The summed E-state index contributed by atoms with van der Waals surface area (Å²) in [6.07, 6.45) is 3.57. The van der Waals surface area contributed by atoms with Crippen molar-refractivity contribution in [1.82, 2.24) is 14.6 Å². The van der Waals surface area contributed by atoms with E-state index in [1.54, 1.807) is 4.52 Å². The van der Waals surface area contributed by atoms with E-state index in [0.717, 1.165) is 22.6 Å². The summed E-state index contributed by atoms with van der Waals surface area (Å²) in [7, 11) is 0. The van der Waals surface area contributed by atoms with Crippen molar-refractivity contribution >= 4 is 29.0 Å². The van der Waals surface area contributed by atoms with Gasteiger partial charge < -0.3 is 16.0 Å². The second kappa shape index (κ2) is 6.12. The largest absolute Gasteiger partial charge is 0.365 e. The van der Waals surface area contributed by atoms with Crippen molar-refractivity contribution in [1.29, 1.82) is 0 Å². The fraction of sp³-hybridized carbons (Fsp3) is 0.263. The number of nitrogens with two attached hydrogens (primary N) is 1. The molecule has 6 heteroatoms. The van der Waals surface area contributed by atoms with Gasteiger partial charge in [0.25, 0.3) is 5.91 Å². The number of fused-ring (bicyclic) bond motifs is 1. The van der Waals surface area contributed by atoms with Gasteiger partial charge in [-0.25, -0.2) is 0 Å². The number of nitrogens with zero attached hydrogens (tertiary/aromatic N) is 2. The van der Waals surface area contributed by atoms with Crippen LogP contribution in [0.25, 0.3) is 17.3 Å². The Morgan fingerprint density at radius 3 is 2.56 bits per heavy atom. The van der Waals surface area contributed by atoms with Crippen molar-refractivity contribution in [3.63, 3.8) is 0 Å². The first kappa shape index (κ1) is 16.8. The molecule has 0 spiro atoms. The fourth-order valence-electron chi connectivity index (χ4n) is 2.73. The second-order valence-corrected chi connectivity index (χ2v) is 7.14. The number of imidazole rings is 1. The first-order valence-electron chi connectivity index (χ1n) is 8.17. The van der Waals surface area contributed by atoms with Crippen LogP contribution in [0.5, 0.6) is 0 Å². The molecule has 0 aliphatic rings. The summed E-state index contributed by atoms with van der Waals surface area (Å²) in [6.45, 7) is 8.25. The third kappa shape index (κ3) is 3.42. The minimum Gasteiger partial charge on any atom is -0.365 e. The van der Waals surface area contributed by atoms with Crippen LogP contribution in [-0.2, 0) is 0 Å². The minimum absolute atomic E-state index is 0.171. The van der Waals surface area contributed by atoms with Crippen molar-refractivity contribution in [2.24, 2.45) is 5.73 Å². The molecule has 0 bridgehead atoms. The molecule has 1 aromatic carbocycles. The number of carbonyl (C=O) groups is 1. The Labute approximate surface area is 146 Å². The lowest BCUT2D eigenvalue weighted by atomic mass is 10.1. The highest BCUT2D eigenvalue weighted by Gasteiger charge is 2.22. The Hall–Kier alpha value is -3.02. The Morgan fingerprint density at radius 1 is 1.28 bits per heavy atom. The van der Waals surface area contributed by atoms with Crippen LogP contribution in [0.2, 0.25) is 0 Å². The molecule has 4 N–H and O–H groups in total. The molecular weight excluding hydrogens is 314 g/mol. The highest BCUT2D eigenvalue weighted by atomic mass is 16.1. The van der Waals surface area contributed by atoms with E-state index in [2.05, 4.69) is 42.2 Å². The van der Waals surface area contributed by atoms with E-state index < -0.39 is 5.91 Å². The lowest BCUT2D eigenvalue weighted by Crippen LogP contribution is -2.27. The number of H-pyrrole nitrogens is 1. The highest BCUT2D eigenvalue weighted by Crippen LogP contribution is 2.29. The molecule has 0 atom stereocenters. The summed E-state index contributed by atoms with van der Waals surface area (Å²) in [4.78, 5) is 15.0. The molecule has 6 nitrogen and oxygen atoms in total. The summed E-state index contributed by atoms with van der Waals surface area (Å²) in [5, 5.41) is 7.80. The number of aromatic amines is 1. The Balaban J connectivity index is 2.17. The molecule has 25 heavy (non-hydrogen) atoms. The number of amides is 1. The predicted octanol–water partition coefficient (Wildman–Crippen LogP) is 3.53. The molecule has 0 aliphatic heterocycles. The number of carbonyl (C=O) groups excluding carboxylic acids is 1. The van der Waals surface area contributed by atoms with E-state index in [0.29, 0.717) is 11.2 Å². The molecule has 0 radical (unpaired) electrons. The van der Waals surface area contributed by atoms with E-state index in [4.69, 9.17) is 5.73 Å². The van der Waals surface area contributed by atoms with E-state index in [9.17, 15) is 4.79 Å². The molecule has 0 saturated heterocycles. The number of primary amides is 1. The lowest BCUT2D eigenvalue weighted by Gasteiger charge is -2.22. The van der Waals surface area contributed by atoms with E-state index in [1.807, 2.05) is 37.3 Å². The van der Waals surface area contributed by atoms with Gasteiger partial charge in [-0.2, -0.15) is 9.61 Å². The minimum atomic E-state index is -0.505. The number of allylic oxidation sites excluding steroid dienone is 1. The van der Waals surface area contributed by atoms with Crippen molar-refractivity contribution in [3.8, 4) is 0 Å². The maximum absolute atomic E-state index is 11.7. The molecule has 0 aliphatic carbocycles. The number of benzene rings is 1. The Kier molecular flexibility index (Phi) is 4.12. The van der Waals surface area contributed by atoms with Gasteiger partial charge in [0.05, 0.1) is 11.9 Å². The van der Waals surface area contributed by atoms with Gasteiger partial charge in [0.2, 0.25) is 0 Å². The van der Waals surface area contributed by atoms with Crippen LogP contribution in [0, 0.1) is 0 Å². The van der Waals surface area contributed by atoms with Crippen LogP contribution in [0.15, 0.2) is 36.5 Å². The molecule has 0 saturated carbocycles. The van der Waals surface area contributed by atoms with Gasteiger partial charge in [0.15, 0.2) is 5.82 Å². The lowest BCUT2D eigenvalue weighted by molar-refractivity contribution is 0.100. The van der Waals surface area contributed by atoms with Gasteiger partial charge in [-0.15, -0.1) is 0 Å². The first-order chi connectivity index (χ1) is 11.8. The van der Waals surface area contributed by atoms with Gasteiger partial charge in [-0.3, -0.25) is 4.79 Å². The molecule has 3 aromatic rings. The van der Waals surface area contributed by atoms with Crippen LogP contribution < -0.4 is 11.1 Å². The topological polar surface area (TPSA) is 88.2 Å². The quantitative estimate of drug-likeness (QED) is 0.680. The molecule has 0 unspecified atom stereocenters. The zero-order chi connectivity index (χ0) is 18.2. The van der Waals surface area contributed by atoms with Crippen LogP contribution in [0.3, 0.4) is 0 Å². The summed E-state index contributed by atoms with van der Waals surface area (Å²) in [5.41, 5.74) is 9.26. The number of hydrogen-bond acceptors (Lipinski definition) is 3. The van der Waals surface area contributed by atoms with Crippen molar-refractivity contribution in [3.05, 3.63) is 53.3 Å². The summed E-state index contributed by atoms with van der Waals surface area (Å²) in [5.74, 6) is 0.300. The molecule has 3 rings (SSSR count). The first-order valence-corrected chi connectivity index (χ1v) is 8.17. The Bertz CT molecular complexity index is 942. The van der Waals surface area contributed by atoms with Crippen LogP contribution in [-0.4, -0.2) is 26.0 Å². The van der Waals surface area contributed by atoms with Crippen molar-refractivity contribution in [2.75, 3.05) is 5.32 Å². The number of nitrogens with one attached hydrogen (secondary N) is 2. The zero-order valence-electron chi connectivity index (χ0n) is 14.9. The molecular formula is C19H23N5O. The van der Waals surface area contributed by atoms with Gasteiger partial charge in [0.1, 0.15) is 11.2 Å². The van der Waals surface area contributed by atoms with Gasteiger partial charge >= 0.3 is 0 Å². The van der Waals surface area contributed by atoms with E-state index in [1.165, 1.54) is 6.20 Å². The number of rotatable bonds is 4. The van der Waals surface area contributed by atoms with Gasteiger partial charge in [-0.05, 0) is 44.9 Å². The summed E-state index contributed by atoms with van der Waals surface area (Å²) in [6, 6.07) is 10.1. The number of hydrogen-bond donors (Lipinski definition) is 3.